The molecule has 4 heteroatoms. The average Bonchev–Trinajstić information content (AvgIpc) is 2.93. The van der Waals surface area contributed by atoms with E-state index in [-0.39, 0.29) is 6.04 Å². The molecule has 1 atom stereocenters. The minimum absolute atomic E-state index is 0.116. The van der Waals surface area contributed by atoms with Crippen LogP contribution in [0.25, 0.3) is 0 Å². The van der Waals surface area contributed by atoms with Crippen molar-refractivity contribution in [2.45, 2.75) is 33.2 Å². The van der Waals surface area contributed by atoms with Crippen LogP contribution >= 0.6 is 22.9 Å². The maximum Gasteiger partial charge on any atom is 0.129 e. The van der Waals surface area contributed by atoms with E-state index in [1.807, 2.05) is 5.38 Å². The molecular weight excluding hydrogens is 302 g/mol. The number of halogens is 1. The van der Waals surface area contributed by atoms with E-state index in [1.165, 1.54) is 16.0 Å². The van der Waals surface area contributed by atoms with E-state index < -0.39 is 0 Å². The molecule has 0 saturated carbocycles. The number of aryl methyl sites for hydroxylation is 2. The Bertz CT molecular complexity index is 609. The van der Waals surface area contributed by atoms with Crippen LogP contribution in [0.2, 0.25) is 5.02 Å². The van der Waals surface area contributed by atoms with Crippen LogP contribution in [0.1, 0.15) is 41.0 Å². The fourth-order valence-corrected chi connectivity index (χ4v) is 3.54. The van der Waals surface area contributed by atoms with Crippen molar-refractivity contribution in [3.05, 3.63) is 50.2 Å². The summed E-state index contributed by atoms with van der Waals surface area (Å²) in [6, 6.07) is 6.45. The lowest BCUT2D eigenvalue weighted by Gasteiger charge is -2.20. The lowest BCUT2D eigenvalue weighted by molar-refractivity contribution is 0.416. The van der Waals surface area contributed by atoms with Crippen LogP contribution in [0.5, 0.6) is 5.75 Å². The highest BCUT2D eigenvalue weighted by atomic mass is 35.5. The van der Waals surface area contributed by atoms with Crippen molar-refractivity contribution < 1.29 is 4.74 Å². The zero-order valence-corrected chi connectivity index (χ0v) is 14.6. The Hall–Kier alpha value is -1.03. The molecule has 0 saturated heterocycles. The van der Waals surface area contributed by atoms with E-state index >= 15 is 0 Å². The number of ether oxygens (including phenoxy) is 1. The molecule has 1 aromatic carbocycles. The van der Waals surface area contributed by atoms with Crippen LogP contribution in [0.3, 0.4) is 0 Å². The highest BCUT2D eigenvalue weighted by molar-refractivity contribution is 7.10. The smallest absolute Gasteiger partial charge is 0.129 e. The molecule has 0 spiro atoms. The number of benzene rings is 1. The summed E-state index contributed by atoms with van der Waals surface area (Å²) in [6.45, 7) is 7.34. The largest absolute Gasteiger partial charge is 0.496 e. The molecule has 0 aliphatic rings. The van der Waals surface area contributed by atoms with E-state index in [0.717, 1.165) is 29.3 Å². The second kappa shape index (κ2) is 7.30. The third-order valence-corrected chi connectivity index (χ3v) is 4.94. The van der Waals surface area contributed by atoms with Crippen molar-refractivity contribution in [1.29, 1.82) is 0 Å². The number of nitrogens with one attached hydrogen (secondary N) is 1. The van der Waals surface area contributed by atoms with Gasteiger partial charge in [0.15, 0.2) is 0 Å². The zero-order chi connectivity index (χ0) is 15.4. The second-order valence-electron chi connectivity index (χ2n) is 5.23. The summed E-state index contributed by atoms with van der Waals surface area (Å²) in [5.74, 6) is 0.901. The first-order valence-electron chi connectivity index (χ1n) is 7.19. The predicted octanol–water partition coefficient (Wildman–Crippen LogP) is 5.12. The Morgan fingerprint density at radius 1 is 1.24 bits per heavy atom. The summed E-state index contributed by atoms with van der Waals surface area (Å²) in [5.41, 5.74) is 3.63. The molecule has 0 bridgehead atoms. The molecule has 0 fully saturated rings. The van der Waals surface area contributed by atoms with E-state index in [4.69, 9.17) is 16.3 Å². The monoisotopic (exact) mass is 323 g/mol. The normalized spacial score (nSPS) is 12.4. The Morgan fingerprint density at radius 2 is 1.95 bits per heavy atom. The van der Waals surface area contributed by atoms with Gasteiger partial charge in [-0.05, 0) is 55.6 Å². The summed E-state index contributed by atoms with van der Waals surface area (Å²) in [4.78, 5) is 1.23. The Balaban J connectivity index is 2.42. The highest BCUT2D eigenvalue weighted by Gasteiger charge is 2.19. The molecule has 1 N–H and O–H groups in total. The Kier molecular flexibility index (Phi) is 5.68. The first-order chi connectivity index (χ1) is 10.1. The van der Waals surface area contributed by atoms with E-state index in [0.29, 0.717) is 0 Å². The lowest BCUT2D eigenvalue weighted by Crippen LogP contribution is -2.23. The van der Waals surface area contributed by atoms with Gasteiger partial charge in [-0.2, -0.15) is 0 Å². The van der Waals surface area contributed by atoms with Crippen LogP contribution in [-0.4, -0.2) is 13.7 Å². The quantitative estimate of drug-likeness (QED) is 0.797. The first-order valence-corrected chi connectivity index (χ1v) is 8.45. The molecule has 0 radical (unpaired) electrons. The first kappa shape index (κ1) is 16.3. The third kappa shape index (κ3) is 3.79. The van der Waals surface area contributed by atoms with E-state index in [1.54, 1.807) is 18.4 Å². The number of hydrogen-bond acceptors (Lipinski definition) is 3. The van der Waals surface area contributed by atoms with Crippen molar-refractivity contribution in [2.24, 2.45) is 0 Å². The van der Waals surface area contributed by atoms with Gasteiger partial charge in [-0.25, -0.2) is 0 Å². The minimum Gasteiger partial charge on any atom is -0.496 e. The van der Waals surface area contributed by atoms with Crippen molar-refractivity contribution in [1.82, 2.24) is 5.32 Å². The highest BCUT2D eigenvalue weighted by Crippen LogP contribution is 2.35. The number of hydrogen-bond donors (Lipinski definition) is 1. The molecule has 0 aliphatic carbocycles. The Morgan fingerprint density at radius 3 is 2.57 bits per heavy atom. The van der Waals surface area contributed by atoms with E-state index in [2.05, 4.69) is 44.3 Å². The fourth-order valence-electron chi connectivity index (χ4n) is 2.27. The summed E-state index contributed by atoms with van der Waals surface area (Å²) in [5, 5.41) is 6.45. The molecule has 2 nitrogen and oxygen atoms in total. The van der Waals surface area contributed by atoms with Crippen molar-refractivity contribution in [2.75, 3.05) is 13.7 Å². The lowest BCUT2D eigenvalue weighted by atomic mass is 9.99. The van der Waals surface area contributed by atoms with Gasteiger partial charge in [0.2, 0.25) is 0 Å². The van der Waals surface area contributed by atoms with Crippen molar-refractivity contribution in [3.8, 4) is 5.75 Å². The predicted molar refractivity (Wildman–Crippen MR) is 91.9 cm³/mol. The topological polar surface area (TPSA) is 21.3 Å². The third-order valence-electron chi connectivity index (χ3n) is 3.64. The molecule has 114 valence electrons. The van der Waals surface area contributed by atoms with Crippen LogP contribution in [0, 0.1) is 13.8 Å². The molecule has 0 aliphatic heterocycles. The summed E-state index contributed by atoms with van der Waals surface area (Å²) in [7, 11) is 1.70. The molecule has 21 heavy (non-hydrogen) atoms. The van der Waals surface area contributed by atoms with Gasteiger partial charge >= 0.3 is 0 Å². The molecule has 2 rings (SSSR count). The summed E-state index contributed by atoms with van der Waals surface area (Å²) >= 11 is 8.20. The zero-order valence-electron chi connectivity index (χ0n) is 13.0. The molecule has 1 unspecified atom stereocenters. The van der Waals surface area contributed by atoms with Gasteiger partial charge in [0.1, 0.15) is 5.75 Å². The van der Waals surface area contributed by atoms with Gasteiger partial charge in [0.25, 0.3) is 0 Å². The second-order valence-corrected chi connectivity index (χ2v) is 6.58. The minimum atomic E-state index is 0.116. The maximum atomic E-state index is 6.50. The molecule has 0 amide bonds. The van der Waals surface area contributed by atoms with Crippen LogP contribution in [-0.2, 0) is 0 Å². The van der Waals surface area contributed by atoms with Crippen molar-refractivity contribution >= 4 is 22.9 Å². The van der Waals surface area contributed by atoms with Gasteiger partial charge in [-0.3, -0.25) is 0 Å². The number of thiophene rings is 1. The maximum absolute atomic E-state index is 6.50. The van der Waals surface area contributed by atoms with Gasteiger partial charge in [0, 0.05) is 15.3 Å². The molecule has 1 aromatic heterocycles. The SMILES string of the molecule is CCCNC(c1cc(OC)cs1)c1cc(C)c(C)cc1Cl. The number of rotatable bonds is 6. The van der Waals surface area contributed by atoms with Gasteiger partial charge in [-0.15, -0.1) is 11.3 Å². The standard InChI is InChI=1S/C17H22ClNOS/c1-5-6-19-17(16-9-13(20-4)10-21-16)14-7-11(2)12(3)8-15(14)18/h7-10,17,19H,5-6H2,1-4H3. The van der Waals surface area contributed by atoms with Crippen LogP contribution < -0.4 is 10.1 Å². The molecule has 1 heterocycles. The van der Waals surface area contributed by atoms with Crippen LogP contribution in [0.4, 0.5) is 0 Å². The van der Waals surface area contributed by atoms with Gasteiger partial charge < -0.3 is 10.1 Å². The van der Waals surface area contributed by atoms with Gasteiger partial charge in [-0.1, -0.05) is 24.6 Å². The summed E-state index contributed by atoms with van der Waals surface area (Å²) < 4.78 is 5.31. The molecular formula is C17H22ClNOS. The number of methoxy groups -OCH3 is 1. The van der Waals surface area contributed by atoms with Gasteiger partial charge in [0.05, 0.1) is 13.2 Å². The average molecular weight is 324 g/mol. The van der Waals surface area contributed by atoms with Crippen molar-refractivity contribution in [3.63, 3.8) is 0 Å². The fraction of sp³-hybridized carbons (Fsp3) is 0.412. The van der Waals surface area contributed by atoms with Crippen LogP contribution in [0.15, 0.2) is 23.6 Å². The van der Waals surface area contributed by atoms with E-state index in [9.17, 15) is 0 Å². The Labute approximate surface area is 136 Å². The summed E-state index contributed by atoms with van der Waals surface area (Å²) in [6.07, 6.45) is 1.08. The molecule has 2 aromatic rings.